The number of ketones is 1. The summed E-state index contributed by atoms with van der Waals surface area (Å²) in [6, 6.07) is 12.2. The maximum Gasteiger partial charge on any atom is 0.424 e. The van der Waals surface area contributed by atoms with Gasteiger partial charge in [0.25, 0.3) is 0 Å². The molecule has 3 aromatic rings. The van der Waals surface area contributed by atoms with Crippen LogP contribution in [0.3, 0.4) is 0 Å². The Labute approximate surface area is 237 Å². The number of methoxy groups -OCH3 is 2. The maximum atomic E-state index is 13.5. The molecule has 0 saturated carbocycles. The molecular weight excluding hydrogens is 547 g/mol. The van der Waals surface area contributed by atoms with Crippen molar-refractivity contribution in [2.75, 3.05) is 20.8 Å². The number of hydrogen-bond donors (Lipinski definition) is 0. The van der Waals surface area contributed by atoms with Crippen molar-refractivity contribution in [2.24, 2.45) is 5.41 Å². The molecule has 2 atom stereocenters. The van der Waals surface area contributed by atoms with Gasteiger partial charge in [0.05, 0.1) is 18.7 Å². The number of Topliss-reactive ketones (excluding diaryl/α,β-unsaturated/α-hetero) is 1. The molecule has 7 nitrogen and oxygen atoms in total. The van der Waals surface area contributed by atoms with E-state index in [1.54, 1.807) is 25.1 Å². The number of carbonyl (C=O) groups excluding carboxylic acids is 1. The van der Waals surface area contributed by atoms with E-state index in [-0.39, 0.29) is 17.2 Å². The van der Waals surface area contributed by atoms with Crippen LogP contribution in [-0.4, -0.2) is 53.3 Å². The Morgan fingerprint density at radius 1 is 0.950 bits per heavy atom. The number of benzene rings is 2. The van der Waals surface area contributed by atoms with E-state index in [1.807, 2.05) is 24.3 Å². The standard InChI is InChI=1S/C29H33ClF3N3O4/c1-17(14-23(37)28(5,39-7)29(31,32)33)19-10-13-22(30)21(15-19)25-34-24(35-26(36-25)38-6)18-8-11-20(12-9-18)40-16-27(2,3)4/h8-13,15,17H,14,16H2,1-7H3/t17?,28-/m1/s1. The third-order valence-electron chi connectivity index (χ3n) is 6.36. The summed E-state index contributed by atoms with van der Waals surface area (Å²) in [5, 5.41) is 0.310. The van der Waals surface area contributed by atoms with Crippen molar-refractivity contribution in [3.05, 3.63) is 53.1 Å². The van der Waals surface area contributed by atoms with Crippen LogP contribution in [0.2, 0.25) is 5.02 Å². The van der Waals surface area contributed by atoms with Crippen LogP contribution in [0, 0.1) is 5.41 Å². The zero-order valence-corrected chi connectivity index (χ0v) is 24.3. The van der Waals surface area contributed by atoms with Crippen molar-refractivity contribution >= 4 is 17.4 Å². The summed E-state index contributed by atoms with van der Waals surface area (Å²) >= 11 is 6.49. The van der Waals surface area contributed by atoms with Crippen LogP contribution in [0.4, 0.5) is 13.2 Å². The highest BCUT2D eigenvalue weighted by molar-refractivity contribution is 6.33. The summed E-state index contributed by atoms with van der Waals surface area (Å²) in [6.07, 6.45) is -5.25. The molecule has 1 unspecified atom stereocenters. The first-order chi connectivity index (χ1) is 18.6. The minimum Gasteiger partial charge on any atom is -0.493 e. The zero-order valence-electron chi connectivity index (χ0n) is 23.5. The van der Waals surface area contributed by atoms with Crippen LogP contribution in [0.1, 0.15) is 52.5 Å². The molecule has 40 heavy (non-hydrogen) atoms. The first-order valence-electron chi connectivity index (χ1n) is 12.6. The highest BCUT2D eigenvalue weighted by Crippen LogP contribution is 2.38. The van der Waals surface area contributed by atoms with Crippen LogP contribution in [0.25, 0.3) is 22.8 Å². The quantitative estimate of drug-likeness (QED) is 0.249. The van der Waals surface area contributed by atoms with Gasteiger partial charge in [-0.3, -0.25) is 4.79 Å². The van der Waals surface area contributed by atoms with Gasteiger partial charge in [0, 0.05) is 24.7 Å². The molecule has 0 aliphatic carbocycles. The topological polar surface area (TPSA) is 83.4 Å². The molecule has 0 bridgehead atoms. The van der Waals surface area contributed by atoms with Gasteiger partial charge in [0.2, 0.25) is 5.60 Å². The van der Waals surface area contributed by atoms with Gasteiger partial charge in [-0.05, 0) is 60.2 Å². The van der Waals surface area contributed by atoms with Crippen molar-refractivity contribution in [3.8, 4) is 34.5 Å². The van der Waals surface area contributed by atoms with Crippen LogP contribution >= 0.6 is 11.6 Å². The van der Waals surface area contributed by atoms with Crippen LogP contribution in [0.5, 0.6) is 11.8 Å². The summed E-state index contributed by atoms with van der Waals surface area (Å²) in [7, 11) is 2.29. The largest absolute Gasteiger partial charge is 0.493 e. The smallest absolute Gasteiger partial charge is 0.424 e. The van der Waals surface area contributed by atoms with Crippen molar-refractivity contribution in [3.63, 3.8) is 0 Å². The number of halogens is 4. The van der Waals surface area contributed by atoms with Crippen LogP contribution in [-0.2, 0) is 9.53 Å². The van der Waals surface area contributed by atoms with Gasteiger partial charge >= 0.3 is 12.2 Å². The second-order valence-corrected chi connectivity index (χ2v) is 11.3. The van der Waals surface area contributed by atoms with Gasteiger partial charge in [-0.25, -0.2) is 4.98 Å². The summed E-state index contributed by atoms with van der Waals surface area (Å²) < 4.78 is 56.2. The molecule has 0 saturated heterocycles. The van der Waals surface area contributed by atoms with E-state index in [1.165, 1.54) is 7.11 Å². The second-order valence-electron chi connectivity index (χ2n) is 10.8. The lowest BCUT2D eigenvalue weighted by Crippen LogP contribution is -2.51. The predicted octanol–water partition coefficient (Wildman–Crippen LogP) is 7.32. The average Bonchev–Trinajstić information content (AvgIpc) is 2.90. The average molecular weight is 580 g/mol. The number of rotatable bonds is 10. The summed E-state index contributed by atoms with van der Waals surface area (Å²) in [5.41, 5.74) is -1.22. The molecule has 11 heteroatoms. The highest BCUT2D eigenvalue weighted by atomic mass is 35.5. The van der Waals surface area contributed by atoms with Crippen LogP contribution in [0.15, 0.2) is 42.5 Å². The summed E-state index contributed by atoms with van der Waals surface area (Å²) in [5.74, 6) is -0.420. The second kappa shape index (κ2) is 12.1. The van der Waals surface area contributed by atoms with Crippen molar-refractivity contribution in [1.29, 1.82) is 0 Å². The molecule has 1 aromatic heterocycles. The molecule has 216 valence electrons. The fourth-order valence-corrected chi connectivity index (χ4v) is 3.90. The number of hydrogen-bond acceptors (Lipinski definition) is 7. The summed E-state index contributed by atoms with van der Waals surface area (Å²) in [4.78, 5) is 25.9. The van der Waals surface area contributed by atoms with Crippen molar-refractivity contribution in [2.45, 2.75) is 58.7 Å². The highest BCUT2D eigenvalue weighted by Gasteiger charge is 2.57. The molecule has 0 radical (unpaired) electrons. The Bertz CT molecular complexity index is 1340. The minimum absolute atomic E-state index is 0.00944. The Morgan fingerprint density at radius 2 is 1.57 bits per heavy atom. The molecule has 0 aliphatic rings. The number of alkyl halides is 3. The summed E-state index contributed by atoms with van der Waals surface area (Å²) in [6.45, 7) is 9.18. The van der Waals surface area contributed by atoms with E-state index in [2.05, 4.69) is 40.5 Å². The lowest BCUT2D eigenvalue weighted by Gasteiger charge is -2.30. The van der Waals surface area contributed by atoms with Crippen molar-refractivity contribution in [1.82, 2.24) is 15.0 Å². The Balaban J connectivity index is 1.93. The lowest BCUT2D eigenvalue weighted by atomic mass is 9.88. The lowest BCUT2D eigenvalue weighted by molar-refractivity contribution is -0.252. The van der Waals surface area contributed by atoms with Gasteiger partial charge in [-0.1, -0.05) is 45.4 Å². The van der Waals surface area contributed by atoms with Gasteiger partial charge in [0.15, 0.2) is 17.4 Å². The molecule has 0 spiro atoms. The third kappa shape index (κ3) is 7.28. The van der Waals surface area contributed by atoms with E-state index in [0.717, 1.165) is 14.0 Å². The van der Waals surface area contributed by atoms with Crippen LogP contribution < -0.4 is 9.47 Å². The van der Waals surface area contributed by atoms with Crippen molar-refractivity contribution < 1.29 is 32.2 Å². The predicted molar refractivity (Wildman–Crippen MR) is 147 cm³/mol. The molecule has 2 aromatic carbocycles. The van der Waals surface area contributed by atoms with E-state index in [0.29, 0.717) is 39.9 Å². The fraction of sp³-hybridized carbons (Fsp3) is 0.448. The first kappa shape index (κ1) is 31.3. The molecule has 3 rings (SSSR count). The number of ether oxygens (including phenoxy) is 3. The zero-order chi connectivity index (χ0) is 29.9. The fourth-order valence-electron chi connectivity index (χ4n) is 3.70. The van der Waals surface area contributed by atoms with E-state index >= 15 is 0 Å². The Kier molecular flexibility index (Phi) is 9.46. The third-order valence-corrected chi connectivity index (χ3v) is 6.68. The van der Waals surface area contributed by atoms with E-state index in [4.69, 9.17) is 21.1 Å². The van der Waals surface area contributed by atoms with Gasteiger partial charge in [0.1, 0.15) is 5.75 Å². The number of aromatic nitrogens is 3. The maximum absolute atomic E-state index is 13.5. The SMILES string of the molecule is COc1nc(-c2ccc(OCC(C)(C)C)cc2)nc(-c2cc(C(C)CC(=O)[C@@](C)(OC)C(F)(F)F)ccc2Cl)n1. The van der Waals surface area contributed by atoms with Gasteiger partial charge < -0.3 is 14.2 Å². The Morgan fingerprint density at radius 3 is 2.12 bits per heavy atom. The number of carbonyl (C=O) groups is 1. The van der Waals surface area contributed by atoms with E-state index in [9.17, 15) is 18.0 Å². The Hall–Kier alpha value is -3.24. The molecule has 1 heterocycles. The molecule has 0 fully saturated rings. The number of nitrogens with zero attached hydrogens (tertiary/aromatic N) is 3. The first-order valence-corrected chi connectivity index (χ1v) is 12.9. The van der Waals surface area contributed by atoms with E-state index < -0.39 is 29.9 Å². The molecular formula is C29H33ClF3N3O4. The molecule has 0 aliphatic heterocycles. The van der Waals surface area contributed by atoms with Gasteiger partial charge in [-0.15, -0.1) is 0 Å². The molecule has 0 amide bonds. The molecule has 0 N–H and O–H groups in total. The van der Waals surface area contributed by atoms with Gasteiger partial charge in [-0.2, -0.15) is 23.1 Å². The minimum atomic E-state index is -4.85. The monoisotopic (exact) mass is 579 g/mol. The normalized spacial score (nSPS) is 14.4.